The zero-order chi connectivity index (χ0) is 17.1. The van der Waals surface area contributed by atoms with Gasteiger partial charge in [-0.3, -0.25) is 4.98 Å². The summed E-state index contributed by atoms with van der Waals surface area (Å²) in [5, 5.41) is 0.866. The van der Waals surface area contributed by atoms with Crippen LogP contribution in [0, 0.1) is 6.92 Å². The largest absolute Gasteiger partial charge is 0.462 e. The lowest BCUT2D eigenvalue weighted by Gasteiger charge is -2.12. The number of rotatable bonds is 3. The number of benzene rings is 1. The molecule has 0 fully saturated rings. The number of hydrogen-bond donors (Lipinski definition) is 0. The van der Waals surface area contributed by atoms with Crippen LogP contribution in [0.25, 0.3) is 10.9 Å². The van der Waals surface area contributed by atoms with E-state index in [1.807, 2.05) is 72.7 Å². The van der Waals surface area contributed by atoms with Gasteiger partial charge < -0.3 is 4.74 Å². The van der Waals surface area contributed by atoms with E-state index in [-0.39, 0.29) is 5.97 Å². The van der Waals surface area contributed by atoms with Crippen LogP contribution in [0.5, 0.6) is 0 Å². The molecule has 0 aliphatic rings. The van der Waals surface area contributed by atoms with E-state index < -0.39 is 0 Å². The molecule has 0 atom stereocenters. The number of fused-ring (bicyclic) bond motifs is 1. The topological polar surface area (TPSA) is 39.2 Å². The smallest absolute Gasteiger partial charge is 0.339 e. The van der Waals surface area contributed by atoms with Crippen molar-refractivity contribution in [3.05, 3.63) is 41.1 Å². The Morgan fingerprint density at radius 1 is 1.09 bits per heavy atom. The van der Waals surface area contributed by atoms with Crippen LogP contribution < -0.4 is 0 Å². The molecule has 0 saturated heterocycles. The Labute approximate surface area is 134 Å². The van der Waals surface area contributed by atoms with Crippen molar-refractivity contribution in [3.8, 4) is 0 Å². The molecule has 122 valence electrons. The molecule has 0 N–H and O–H groups in total. The van der Waals surface area contributed by atoms with Crippen molar-refractivity contribution in [2.75, 3.05) is 6.61 Å². The predicted octanol–water partition coefficient (Wildman–Crippen LogP) is 5.33. The Morgan fingerprint density at radius 3 is 2.23 bits per heavy atom. The van der Waals surface area contributed by atoms with Crippen molar-refractivity contribution >= 4 is 16.9 Å². The summed E-state index contributed by atoms with van der Waals surface area (Å²) in [5.74, 6) is -0.261. The summed E-state index contributed by atoms with van der Waals surface area (Å²) >= 11 is 0. The molecule has 2 rings (SSSR count). The van der Waals surface area contributed by atoms with Gasteiger partial charge in [0, 0.05) is 11.1 Å². The van der Waals surface area contributed by atoms with E-state index in [0.29, 0.717) is 12.2 Å². The third-order valence-electron chi connectivity index (χ3n) is 3.05. The fourth-order valence-corrected chi connectivity index (χ4v) is 2.17. The van der Waals surface area contributed by atoms with Crippen molar-refractivity contribution in [2.24, 2.45) is 0 Å². The minimum absolute atomic E-state index is 0.261. The molecule has 0 radical (unpaired) electrons. The maximum Gasteiger partial charge on any atom is 0.339 e. The van der Waals surface area contributed by atoms with Gasteiger partial charge in [-0.15, -0.1) is 0 Å². The SMILES string of the molecule is CC.CC.CCOC(=O)c1c(C)c(CC)nc2ccccc12. The van der Waals surface area contributed by atoms with Crippen LogP contribution in [-0.4, -0.2) is 17.6 Å². The molecule has 1 aromatic heterocycles. The Hall–Kier alpha value is -1.90. The highest BCUT2D eigenvalue weighted by Crippen LogP contribution is 2.24. The lowest BCUT2D eigenvalue weighted by molar-refractivity contribution is 0.0527. The zero-order valence-electron chi connectivity index (χ0n) is 15.0. The van der Waals surface area contributed by atoms with Gasteiger partial charge in [0.15, 0.2) is 0 Å². The van der Waals surface area contributed by atoms with E-state index in [9.17, 15) is 4.79 Å². The highest BCUT2D eigenvalue weighted by atomic mass is 16.5. The molecule has 1 heterocycles. The molecule has 0 amide bonds. The van der Waals surface area contributed by atoms with Gasteiger partial charge in [-0.05, 0) is 31.9 Å². The van der Waals surface area contributed by atoms with Crippen LogP contribution in [0.1, 0.15) is 63.2 Å². The number of aryl methyl sites for hydroxylation is 1. The number of pyridine rings is 1. The summed E-state index contributed by atoms with van der Waals surface area (Å²) < 4.78 is 5.15. The molecule has 0 bridgehead atoms. The first-order valence-electron chi connectivity index (χ1n) is 8.24. The molecule has 2 aromatic rings. The van der Waals surface area contributed by atoms with Crippen LogP contribution in [0.4, 0.5) is 0 Å². The van der Waals surface area contributed by atoms with Crippen molar-refractivity contribution in [1.29, 1.82) is 0 Å². The minimum Gasteiger partial charge on any atom is -0.462 e. The summed E-state index contributed by atoms with van der Waals surface area (Å²) in [5.41, 5.74) is 3.38. The van der Waals surface area contributed by atoms with E-state index >= 15 is 0 Å². The maximum atomic E-state index is 12.1. The van der Waals surface area contributed by atoms with Crippen LogP contribution in [-0.2, 0) is 11.2 Å². The van der Waals surface area contributed by atoms with Gasteiger partial charge in [-0.25, -0.2) is 4.79 Å². The standard InChI is InChI=1S/C15H17NO2.2C2H6/c1-4-12-10(3)14(15(17)18-5-2)11-8-6-7-9-13(11)16-12;2*1-2/h6-9H,4-5H2,1-3H3;2*1-2H3. The van der Waals surface area contributed by atoms with Crippen LogP contribution in [0.15, 0.2) is 24.3 Å². The lowest BCUT2D eigenvalue weighted by Crippen LogP contribution is -2.10. The summed E-state index contributed by atoms with van der Waals surface area (Å²) in [7, 11) is 0. The molecular formula is C19H29NO2. The molecular weight excluding hydrogens is 274 g/mol. The summed E-state index contributed by atoms with van der Waals surface area (Å²) in [6, 6.07) is 7.69. The number of aromatic nitrogens is 1. The highest BCUT2D eigenvalue weighted by molar-refractivity contribution is 6.04. The Balaban J connectivity index is 0.00000102. The third-order valence-corrected chi connectivity index (χ3v) is 3.05. The zero-order valence-corrected chi connectivity index (χ0v) is 15.0. The highest BCUT2D eigenvalue weighted by Gasteiger charge is 2.17. The Bertz CT molecular complexity index is 591. The number of nitrogens with zero attached hydrogens (tertiary/aromatic N) is 1. The summed E-state index contributed by atoms with van der Waals surface area (Å²) in [4.78, 5) is 16.7. The maximum absolute atomic E-state index is 12.1. The number of para-hydroxylation sites is 1. The summed E-state index contributed by atoms with van der Waals surface area (Å²) in [6.07, 6.45) is 0.809. The summed E-state index contributed by atoms with van der Waals surface area (Å²) in [6.45, 7) is 14.2. The fraction of sp³-hybridized carbons (Fsp3) is 0.474. The average Bonchev–Trinajstić information content (AvgIpc) is 2.58. The van der Waals surface area contributed by atoms with Gasteiger partial charge in [0.25, 0.3) is 0 Å². The number of carbonyl (C=O) groups excluding carboxylic acids is 1. The quantitative estimate of drug-likeness (QED) is 0.719. The lowest BCUT2D eigenvalue weighted by atomic mass is 10.0. The molecule has 22 heavy (non-hydrogen) atoms. The Kier molecular flexibility index (Phi) is 9.84. The molecule has 0 saturated carbocycles. The van der Waals surface area contributed by atoms with Crippen molar-refractivity contribution in [3.63, 3.8) is 0 Å². The molecule has 3 heteroatoms. The van der Waals surface area contributed by atoms with Gasteiger partial charge in [-0.2, -0.15) is 0 Å². The van der Waals surface area contributed by atoms with E-state index in [1.54, 1.807) is 0 Å². The normalized spacial score (nSPS) is 9.23. The molecule has 0 aliphatic carbocycles. The first-order valence-corrected chi connectivity index (χ1v) is 8.24. The Morgan fingerprint density at radius 2 is 1.68 bits per heavy atom. The van der Waals surface area contributed by atoms with E-state index in [1.165, 1.54) is 0 Å². The minimum atomic E-state index is -0.261. The number of esters is 1. The van der Waals surface area contributed by atoms with Gasteiger partial charge >= 0.3 is 5.97 Å². The first-order chi connectivity index (χ1) is 10.7. The monoisotopic (exact) mass is 303 g/mol. The number of hydrogen-bond acceptors (Lipinski definition) is 3. The van der Waals surface area contributed by atoms with Gasteiger partial charge in [-0.1, -0.05) is 52.8 Å². The molecule has 0 spiro atoms. The van der Waals surface area contributed by atoms with E-state index in [2.05, 4.69) is 4.98 Å². The molecule has 0 aliphatic heterocycles. The van der Waals surface area contributed by atoms with Crippen molar-refractivity contribution < 1.29 is 9.53 Å². The molecule has 0 unspecified atom stereocenters. The second-order valence-electron chi connectivity index (χ2n) is 4.15. The van der Waals surface area contributed by atoms with E-state index in [4.69, 9.17) is 4.74 Å². The van der Waals surface area contributed by atoms with Crippen LogP contribution >= 0.6 is 0 Å². The number of carbonyl (C=O) groups is 1. The van der Waals surface area contributed by atoms with Crippen molar-refractivity contribution in [2.45, 2.75) is 54.9 Å². The number of ether oxygens (including phenoxy) is 1. The average molecular weight is 303 g/mol. The van der Waals surface area contributed by atoms with Crippen LogP contribution in [0.3, 0.4) is 0 Å². The second kappa shape index (κ2) is 10.8. The van der Waals surface area contributed by atoms with Gasteiger partial charge in [0.1, 0.15) is 0 Å². The van der Waals surface area contributed by atoms with Gasteiger partial charge in [0.2, 0.25) is 0 Å². The first kappa shape index (κ1) is 20.1. The van der Waals surface area contributed by atoms with Crippen molar-refractivity contribution in [1.82, 2.24) is 4.98 Å². The predicted molar refractivity (Wildman–Crippen MR) is 94.5 cm³/mol. The fourth-order valence-electron chi connectivity index (χ4n) is 2.17. The molecule has 1 aromatic carbocycles. The van der Waals surface area contributed by atoms with Crippen LogP contribution in [0.2, 0.25) is 0 Å². The van der Waals surface area contributed by atoms with E-state index in [0.717, 1.165) is 28.6 Å². The van der Waals surface area contributed by atoms with Gasteiger partial charge in [0.05, 0.1) is 17.7 Å². The third kappa shape index (κ3) is 4.55. The second-order valence-corrected chi connectivity index (χ2v) is 4.15. The molecule has 3 nitrogen and oxygen atoms in total.